The normalized spacial score (nSPS) is 17.7. The van der Waals surface area contributed by atoms with Gasteiger partial charge in [0.25, 0.3) is 0 Å². The molecular weight excluding hydrogens is 1130 g/mol. The summed E-state index contributed by atoms with van der Waals surface area (Å²) in [6.45, 7) is 3.84. The number of allylic oxidation sites excluding steroid dienone is 3. The molecule has 1 saturated heterocycles. The van der Waals surface area contributed by atoms with E-state index in [1.165, 1.54) is 379 Å². The first-order valence-corrected chi connectivity index (χ1v) is 41.1. The number of rotatable bonds is 74. The number of carbonyl (C=O) groups is 1. The van der Waals surface area contributed by atoms with Gasteiger partial charge in [-0.25, -0.2) is 0 Å². The van der Waals surface area contributed by atoms with Crippen LogP contribution in [-0.2, 0) is 14.3 Å². The summed E-state index contributed by atoms with van der Waals surface area (Å²) < 4.78 is 11.3. The van der Waals surface area contributed by atoms with E-state index in [9.17, 15) is 30.3 Å². The highest BCUT2D eigenvalue weighted by Gasteiger charge is 2.44. The second kappa shape index (κ2) is 71.4. The number of carbonyl (C=O) groups excluding carboxylic acids is 1. The van der Waals surface area contributed by atoms with E-state index in [1.54, 1.807) is 6.08 Å². The van der Waals surface area contributed by atoms with Gasteiger partial charge in [-0.1, -0.05) is 423 Å². The summed E-state index contributed by atoms with van der Waals surface area (Å²) in [4.78, 5) is 13.2. The number of ether oxygens (including phenoxy) is 2. The highest BCUT2D eigenvalue weighted by Crippen LogP contribution is 2.24. The molecule has 9 nitrogen and oxygen atoms in total. The third-order valence-corrected chi connectivity index (χ3v) is 20.0. The molecule has 0 saturated carbocycles. The summed E-state index contributed by atoms with van der Waals surface area (Å²) >= 11 is 0. The van der Waals surface area contributed by atoms with Crippen LogP contribution in [0, 0.1) is 0 Å². The number of amides is 1. The van der Waals surface area contributed by atoms with Gasteiger partial charge in [0.05, 0.1) is 25.4 Å². The zero-order chi connectivity index (χ0) is 65.7. The van der Waals surface area contributed by atoms with E-state index in [1.807, 2.05) is 6.08 Å². The third kappa shape index (κ3) is 59.7. The Morgan fingerprint density at radius 3 is 0.923 bits per heavy atom. The van der Waals surface area contributed by atoms with Crippen LogP contribution in [0.15, 0.2) is 24.3 Å². The van der Waals surface area contributed by atoms with Crippen molar-refractivity contribution in [2.24, 2.45) is 0 Å². The van der Waals surface area contributed by atoms with Gasteiger partial charge in [0.1, 0.15) is 24.4 Å². The fourth-order valence-corrected chi connectivity index (χ4v) is 13.7. The molecule has 7 unspecified atom stereocenters. The highest BCUT2D eigenvalue weighted by molar-refractivity contribution is 5.76. The van der Waals surface area contributed by atoms with Crippen molar-refractivity contribution in [1.29, 1.82) is 0 Å². The van der Waals surface area contributed by atoms with Crippen LogP contribution in [0.25, 0.3) is 0 Å². The number of aliphatic hydroxyl groups is 5. The van der Waals surface area contributed by atoms with Crippen molar-refractivity contribution in [3.63, 3.8) is 0 Å². The third-order valence-electron chi connectivity index (χ3n) is 20.0. The lowest BCUT2D eigenvalue weighted by Crippen LogP contribution is -2.60. The van der Waals surface area contributed by atoms with Crippen LogP contribution in [0.4, 0.5) is 0 Å². The molecule has 9 heteroatoms. The molecule has 540 valence electrons. The molecule has 1 heterocycles. The van der Waals surface area contributed by atoms with Gasteiger partial charge >= 0.3 is 0 Å². The van der Waals surface area contributed by atoms with Crippen LogP contribution in [0.2, 0.25) is 0 Å². The standard InChI is InChI=1S/C82H159NO8/c1-3-5-7-9-11-13-15-17-19-21-23-25-27-29-31-33-35-36-37-38-39-40-41-42-44-46-48-50-52-54-56-58-60-62-64-66-68-70-72-78(86)83-75(74-90-82-81(89)80(88)79(87)77(73-84)91-82)76(85)71-69-67-65-63-61-59-57-55-53-51-49-47-45-43-34-32-30-28-26-24-22-20-18-16-14-12-10-8-6-4-2/h61,63,69,71,75-77,79-82,84-85,87-89H,3-60,62,64-68,70,72-74H2,1-2H3,(H,83,86)/b63-61+,71-69+. The number of aliphatic hydroxyl groups excluding tert-OH is 5. The average Bonchev–Trinajstić information content (AvgIpc) is 1.76. The largest absolute Gasteiger partial charge is 0.394 e. The first-order chi connectivity index (χ1) is 44.8. The number of nitrogens with one attached hydrogen (secondary N) is 1. The molecule has 0 aliphatic carbocycles. The van der Waals surface area contributed by atoms with Crippen molar-refractivity contribution in [3.8, 4) is 0 Å². The first kappa shape index (κ1) is 87.7. The van der Waals surface area contributed by atoms with Gasteiger partial charge < -0.3 is 40.3 Å². The molecule has 0 bridgehead atoms. The lowest BCUT2D eigenvalue weighted by atomic mass is 9.99. The summed E-state index contributed by atoms with van der Waals surface area (Å²) in [6.07, 6.45) is 89.3. The minimum Gasteiger partial charge on any atom is -0.394 e. The Morgan fingerprint density at radius 1 is 0.363 bits per heavy atom. The zero-order valence-corrected chi connectivity index (χ0v) is 60.9. The van der Waals surface area contributed by atoms with Gasteiger partial charge in [0.15, 0.2) is 6.29 Å². The smallest absolute Gasteiger partial charge is 0.220 e. The molecule has 0 aromatic heterocycles. The number of hydrogen-bond donors (Lipinski definition) is 6. The molecule has 1 rings (SSSR count). The molecule has 1 aliphatic heterocycles. The maximum atomic E-state index is 13.2. The van der Waals surface area contributed by atoms with E-state index >= 15 is 0 Å². The SMILES string of the molecule is CCCCCCCCCCCCCCCCCCCCCCCCCC/C=C/CC/C=C/C(O)C(COC1OC(CO)C(O)C(O)C1O)NC(=O)CCCCCCCCCCCCCCCCCCCCCCCCCCCCCCCCCCCCCCCC. The van der Waals surface area contributed by atoms with Crippen molar-refractivity contribution in [1.82, 2.24) is 5.32 Å². The van der Waals surface area contributed by atoms with E-state index in [2.05, 4.69) is 31.3 Å². The molecule has 6 N–H and O–H groups in total. The highest BCUT2D eigenvalue weighted by atomic mass is 16.7. The van der Waals surface area contributed by atoms with Crippen molar-refractivity contribution in [2.75, 3.05) is 13.2 Å². The molecular formula is C82H159NO8. The Kier molecular flexibility index (Phi) is 68.8. The van der Waals surface area contributed by atoms with Crippen LogP contribution in [-0.4, -0.2) is 87.5 Å². The predicted molar refractivity (Wildman–Crippen MR) is 392 cm³/mol. The summed E-state index contributed by atoms with van der Waals surface area (Å²) in [5, 5.41) is 54.9. The quantitative estimate of drug-likeness (QED) is 0.0261. The molecule has 91 heavy (non-hydrogen) atoms. The van der Waals surface area contributed by atoms with Gasteiger partial charge in [-0.05, 0) is 32.1 Å². The van der Waals surface area contributed by atoms with E-state index < -0.39 is 49.5 Å². The van der Waals surface area contributed by atoms with Crippen LogP contribution < -0.4 is 5.32 Å². The van der Waals surface area contributed by atoms with Gasteiger partial charge in [0, 0.05) is 6.42 Å². The Morgan fingerprint density at radius 2 is 0.626 bits per heavy atom. The molecule has 0 aromatic rings. The van der Waals surface area contributed by atoms with Crippen molar-refractivity contribution < 1.29 is 39.8 Å². The Labute approximate surface area is 566 Å². The molecule has 0 radical (unpaired) electrons. The maximum Gasteiger partial charge on any atom is 0.220 e. The second-order valence-corrected chi connectivity index (χ2v) is 28.9. The van der Waals surface area contributed by atoms with Crippen molar-refractivity contribution in [2.45, 2.75) is 480 Å². The second-order valence-electron chi connectivity index (χ2n) is 28.9. The zero-order valence-electron chi connectivity index (χ0n) is 60.9. The Hall–Kier alpha value is -1.33. The van der Waals surface area contributed by atoms with Gasteiger partial charge in [0.2, 0.25) is 5.91 Å². The Bertz CT molecular complexity index is 1490. The summed E-state index contributed by atoms with van der Waals surface area (Å²) in [5.74, 6) is -0.176. The summed E-state index contributed by atoms with van der Waals surface area (Å²) in [7, 11) is 0. The van der Waals surface area contributed by atoms with Crippen molar-refractivity contribution >= 4 is 5.91 Å². The molecule has 7 atom stereocenters. The molecule has 1 amide bonds. The maximum absolute atomic E-state index is 13.2. The lowest BCUT2D eigenvalue weighted by molar-refractivity contribution is -0.302. The van der Waals surface area contributed by atoms with Crippen molar-refractivity contribution in [3.05, 3.63) is 24.3 Å². The predicted octanol–water partition coefficient (Wildman–Crippen LogP) is 23.5. The number of unbranched alkanes of at least 4 members (excludes halogenated alkanes) is 62. The lowest BCUT2D eigenvalue weighted by Gasteiger charge is -2.40. The van der Waals surface area contributed by atoms with E-state index in [-0.39, 0.29) is 12.5 Å². The number of hydrogen-bond acceptors (Lipinski definition) is 8. The Balaban J connectivity index is 2.05. The molecule has 0 aromatic carbocycles. The minimum absolute atomic E-state index is 0.176. The molecule has 1 fully saturated rings. The van der Waals surface area contributed by atoms with Crippen LogP contribution in [0.3, 0.4) is 0 Å². The van der Waals surface area contributed by atoms with Gasteiger partial charge in [-0.2, -0.15) is 0 Å². The van der Waals surface area contributed by atoms with E-state index in [0.29, 0.717) is 6.42 Å². The van der Waals surface area contributed by atoms with Gasteiger partial charge in [-0.15, -0.1) is 0 Å². The summed E-state index contributed by atoms with van der Waals surface area (Å²) in [5.41, 5.74) is 0. The molecule has 0 spiro atoms. The van der Waals surface area contributed by atoms with E-state index in [0.717, 1.165) is 38.5 Å². The van der Waals surface area contributed by atoms with E-state index in [4.69, 9.17) is 9.47 Å². The van der Waals surface area contributed by atoms with Crippen LogP contribution >= 0.6 is 0 Å². The fraction of sp³-hybridized carbons (Fsp3) is 0.939. The first-order valence-electron chi connectivity index (χ1n) is 41.1. The fourth-order valence-electron chi connectivity index (χ4n) is 13.7. The van der Waals surface area contributed by atoms with Crippen LogP contribution in [0.5, 0.6) is 0 Å². The minimum atomic E-state index is -1.57. The molecule has 1 aliphatic rings. The topological polar surface area (TPSA) is 149 Å². The monoisotopic (exact) mass is 1290 g/mol. The summed E-state index contributed by atoms with van der Waals surface area (Å²) in [6, 6.07) is -0.821. The van der Waals surface area contributed by atoms with Gasteiger partial charge in [-0.3, -0.25) is 4.79 Å². The average molecular weight is 1290 g/mol. The van der Waals surface area contributed by atoms with Crippen LogP contribution in [0.1, 0.15) is 438 Å².